The lowest BCUT2D eigenvalue weighted by Crippen LogP contribution is -2.40. The fourth-order valence-corrected chi connectivity index (χ4v) is 3.71. The summed E-state index contributed by atoms with van der Waals surface area (Å²) in [6, 6.07) is 17.3. The van der Waals surface area contributed by atoms with Crippen LogP contribution in [0.2, 0.25) is 0 Å². The fourth-order valence-electron chi connectivity index (χ4n) is 3.71. The Balaban J connectivity index is 1.81. The Hall–Kier alpha value is -2.17. The number of aliphatic carboxylic acids is 1. The fraction of sp³-hybridized carbons (Fsp3) is 0.381. The van der Waals surface area contributed by atoms with Gasteiger partial charge in [-0.15, -0.1) is 0 Å². The second kappa shape index (κ2) is 8.28. The van der Waals surface area contributed by atoms with Crippen molar-refractivity contribution < 1.29 is 15.0 Å². The van der Waals surface area contributed by atoms with Gasteiger partial charge in [0.25, 0.3) is 0 Å². The van der Waals surface area contributed by atoms with E-state index in [1.807, 2.05) is 54.6 Å². The molecule has 2 aromatic carbocycles. The third kappa shape index (κ3) is 4.27. The topological polar surface area (TPSA) is 60.8 Å². The van der Waals surface area contributed by atoms with Crippen LogP contribution in [0.4, 0.5) is 0 Å². The summed E-state index contributed by atoms with van der Waals surface area (Å²) in [6.45, 7) is 1.74. The van der Waals surface area contributed by atoms with Crippen LogP contribution in [0, 0.1) is 5.92 Å². The van der Waals surface area contributed by atoms with Crippen molar-refractivity contribution in [1.29, 1.82) is 0 Å². The second-order valence-electron chi connectivity index (χ2n) is 6.72. The lowest BCUT2D eigenvalue weighted by Gasteiger charge is -2.35. The number of piperidine rings is 1. The molecule has 0 bridgehead atoms. The van der Waals surface area contributed by atoms with Crippen LogP contribution in [0.5, 0.6) is 0 Å². The molecule has 25 heavy (non-hydrogen) atoms. The molecule has 1 atom stereocenters. The quantitative estimate of drug-likeness (QED) is 0.844. The van der Waals surface area contributed by atoms with Crippen LogP contribution < -0.4 is 0 Å². The first-order valence-corrected chi connectivity index (χ1v) is 8.92. The Kier molecular flexibility index (Phi) is 5.84. The molecule has 2 N–H and O–H groups in total. The van der Waals surface area contributed by atoms with Crippen LogP contribution in [0.25, 0.3) is 11.1 Å². The monoisotopic (exact) mass is 339 g/mol. The van der Waals surface area contributed by atoms with Crippen LogP contribution in [0.15, 0.2) is 54.6 Å². The molecule has 0 aliphatic carbocycles. The summed E-state index contributed by atoms with van der Waals surface area (Å²) in [7, 11) is 0. The van der Waals surface area contributed by atoms with E-state index in [-0.39, 0.29) is 6.61 Å². The van der Waals surface area contributed by atoms with E-state index in [1.165, 1.54) is 0 Å². The molecule has 0 radical (unpaired) electrons. The number of likely N-dealkylation sites (tertiary alicyclic amines) is 1. The number of aliphatic hydroxyl groups is 1. The number of nitrogens with zero attached hydrogens (tertiary/aromatic N) is 1. The molecule has 4 heteroatoms. The van der Waals surface area contributed by atoms with E-state index in [2.05, 4.69) is 4.90 Å². The van der Waals surface area contributed by atoms with Crippen molar-refractivity contribution in [1.82, 2.24) is 4.90 Å². The highest BCUT2D eigenvalue weighted by Crippen LogP contribution is 2.30. The second-order valence-corrected chi connectivity index (χ2v) is 6.72. The van der Waals surface area contributed by atoms with E-state index in [0.717, 1.165) is 49.0 Å². The van der Waals surface area contributed by atoms with Crippen LogP contribution in [-0.4, -0.2) is 40.8 Å². The van der Waals surface area contributed by atoms with E-state index < -0.39 is 12.0 Å². The SMILES string of the molecule is O=C(O)C(c1cccc(-c2ccccc2)c1)N1CCC(CCO)CC1. The molecule has 1 heterocycles. The van der Waals surface area contributed by atoms with E-state index in [1.54, 1.807) is 0 Å². The number of rotatable bonds is 6. The van der Waals surface area contributed by atoms with Gasteiger partial charge in [-0.05, 0) is 61.0 Å². The molecule has 1 aliphatic heterocycles. The molecule has 1 aliphatic rings. The lowest BCUT2D eigenvalue weighted by molar-refractivity contribution is -0.144. The molecule has 1 saturated heterocycles. The first-order valence-electron chi connectivity index (χ1n) is 8.92. The zero-order valence-corrected chi connectivity index (χ0v) is 14.3. The van der Waals surface area contributed by atoms with E-state index in [0.29, 0.717) is 5.92 Å². The smallest absolute Gasteiger partial charge is 0.325 e. The number of carboxylic acid groups (broad SMARTS) is 1. The zero-order chi connectivity index (χ0) is 17.6. The summed E-state index contributed by atoms with van der Waals surface area (Å²) < 4.78 is 0. The van der Waals surface area contributed by atoms with Gasteiger partial charge in [-0.2, -0.15) is 0 Å². The maximum atomic E-state index is 12.0. The van der Waals surface area contributed by atoms with E-state index in [4.69, 9.17) is 5.11 Å². The Morgan fingerprint density at radius 2 is 1.72 bits per heavy atom. The van der Waals surface area contributed by atoms with Crippen molar-refractivity contribution in [3.05, 3.63) is 60.2 Å². The van der Waals surface area contributed by atoms with Gasteiger partial charge in [0, 0.05) is 6.61 Å². The molecule has 3 rings (SSSR count). The van der Waals surface area contributed by atoms with Crippen LogP contribution in [0.3, 0.4) is 0 Å². The van der Waals surface area contributed by atoms with Gasteiger partial charge in [-0.25, -0.2) is 0 Å². The normalized spacial score (nSPS) is 17.3. The number of benzene rings is 2. The molecule has 1 fully saturated rings. The highest BCUT2D eigenvalue weighted by atomic mass is 16.4. The number of hydrogen-bond acceptors (Lipinski definition) is 3. The van der Waals surface area contributed by atoms with Gasteiger partial charge >= 0.3 is 5.97 Å². The van der Waals surface area contributed by atoms with Crippen molar-refractivity contribution in [2.45, 2.75) is 25.3 Å². The molecule has 0 aromatic heterocycles. The molecular weight excluding hydrogens is 314 g/mol. The standard InChI is InChI=1S/C21H25NO3/c23-14-11-16-9-12-22(13-10-16)20(21(24)25)19-8-4-7-18(15-19)17-5-2-1-3-6-17/h1-8,15-16,20,23H,9-14H2,(H,24,25). The van der Waals surface area contributed by atoms with Crippen molar-refractivity contribution in [3.8, 4) is 11.1 Å². The van der Waals surface area contributed by atoms with Gasteiger partial charge in [0.05, 0.1) is 0 Å². The lowest BCUT2D eigenvalue weighted by atomic mass is 9.91. The molecular formula is C21H25NO3. The van der Waals surface area contributed by atoms with Gasteiger partial charge in [0.2, 0.25) is 0 Å². The molecule has 0 amide bonds. The Morgan fingerprint density at radius 3 is 2.36 bits per heavy atom. The summed E-state index contributed by atoms with van der Waals surface area (Å²) in [5.41, 5.74) is 2.96. The zero-order valence-electron chi connectivity index (χ0n) is 14.3. The summed E-state index contributed by atoms with van der Waals surface area (Å²) in [6.07, 6.45) is 2.71. The average molecular weight is 339 g/mol. The maximum Gasteiger partial charge on any atom is 0.325 e. The van der Waals surface area contributed by atoms with Gasteiger partial charge in [-0.3, -0.25) is 9.69 Å². The number of carbonyl (C=O) groups is 1. The van der Waals surface area contributed by atoms with Crippen molar-refractivity contribution in [3.63, 3.8) is 0 Å². The minimum absolute atomic E-state index is 0.214. The van der Waals surface area contributed by atoms with Crippen LogP contribution in [-0.2, 0) is 4.79 Å². The first kappa shape index (κ1) is 17.6. The minimum atomic E-state index is -0.800. The Morgan fingerprint density at radius 1 is 1.04 bits per heavy atom. The highest BCUT2D eigenvalue weighted by molar-refractivity contribution is 5.77. The van der Waals surface area contributed by atoms with Gasteiger partial charge < -0.3 is 10.2 Å². The van der Waals surface area contributed by atoms with Crippen molar-refractivity contribution >= 4 is 5.97 Å². The predicted molar refractivity (Wildman–Crippen MR) is 98.3 cm³/mol. The molecule has 132 valence electrons. The van der Waals surface area contributed by atoms with Crippen molar-refractivity contribution in [2.75, 3.05) is 19.7 Å². The Labute approximate surface area is 148 Å². The summed E-state index contributed by atoms with van der Waals surface area (Å²) in [4.78, 5) is 14.0. The molecule has 1 unspecified atom stereocenters. The number of hydrogen-bond donors (Lipinski definition) is 2. The van der Waals surface area contributed by atoms with E-state index in [9.17, 15) is 9.90 Å². The molecule has 0 spiro atoms. The summed E-state index contributed by atoms with van der Waals surface area (Å²) >= 11 is 0. The van der Waals surface area contributed by atoms with Crippen molar-refractivity contribution in [2.24, 2.45) is 5.92 Å². The van der Waals surface area contributed by atoms with Gasteiger partial charge in [0.15, 0.2) is 0 Å². The number of aliphatic hydroxyl groups excluding tert-OH is 1. The van der Waals surface area contributed by atoms with E-state index >= 15 is 0 Å². The predicted octanol–water partition coefficient (Wildman–Crippen LogP) is 3.57. The Bertz CT molecular complexity index is 693. The number of carboxylic acids is 1. The third-order valence-electron chi connectivity index (χ3n) is 5.10. The van der Waals surface area contributed by atoms with Crippen LogP contribution >= 0.6 is 0 Å². The summed E-state index contributed by atoms with van der Waals surface area (Å²) in [5.74, 6) is -0.294. The first-order chi connectivity index (χ1) is 12.2. The molecule has 0 saturated carbocycles. The maximum absolute atomic E-state index is 12.0. The van der Waals surface area contributed by atoms with Gasteiger partial charge in [-0.1, -0.05) is 48.5 Å². The largest absolute Gasteiger partial charge is 0.480 e. The highest BCUT2D eigenvalue weighted by Gasteiger charge is 2.30. The third-order valence-corrected chi connectivity index (χ3v) is 5.10. The molecule has 2 aromatic rings. The van der Waals surface area contributed by atoms with Crippen LogP contribution in [0.1, 0.15) is 30.9 Å². The molecule has 4 nitrogen and oxygen atoms in total. The average Bonchev–Trinajstić information content (AvgIpc) is 2.64. The summed E-state index contributed by atoms with van der Waals surface area (Å²) in [5, 5.41) is 18.9. The minimum Gasteiger partial charge on any atom is -0.480 e. The van der Waals surface area contributed by atoms with Gasteiger partial charge in [0.1, 0.15) is 6.04 Å².